The minimum Gasteiger partial charge on any atom is -0.333 e. The molecule has 2 aliphatic heterocycles. The molecular formula is C20H22N6O8S2. The van der Waals surface area contributed by atoms with Gasteiger partial charge in [0.1, 0.15) is 11.4 Å². The van der Waals surface area contributed by atoms with Crippen molar-refractivity contribution >= 4 is 57.4 Å². The van der Waals surface area contributed by atoms with Crippen LogP contribution in [0.5, 0.6) is 0 Å². The first kappa shape index (κ1) is 27.1. The number of para-hydroxylation sites is 4. The van der Waals surface area contributed by atoms with Crippen molar-refractivity contribution in [2.45, 2.75) is 12.8 Å². The molecule has 0 unspecified atom stereocenters. The largest absolute Gasteiger partial charge is 0.333 e. The Hall–Kier alpha value is -3.54. The van der Waals surface area contributed by atoms with E-state index in [1.807, 2.05) is 0 Å². The molecule has 2 fully saturated rings. The lowest BCUT2D eigenvalue weighted by Gasteiger charge is -2.14. The molecule has 4 rings (SSSR count). The molecule has 0 saturated carbocycles. The van der Waals surface area contributed by atoms with Crippen LogP contribution in [0.2, 0.25) is 0 Å². The van der Waals surface area contributed by atoms with E-state index in [0.717, 1.165) is 0 Å². The Labute approximate surface area is 215 Å². The van der Waals surface area contributed by atoms with Gasteiger partial charge in [-0.1, -0.05) is 24.3 Å². The van der Waals surface area contributed by atoms with E-state index in [9.17, 15) is 20.2 Å². The van der Waals surface area contributed by atoms with Crippen LogP contribution in [0, 0.1) is 20.2 Å². The molecule has 0 aliphatic carbocycles. The number of benzene rings is 2. The molecule has 0 radical (unpaired) electrons. The Bertz CT molecular complexity index is 1010. The number of anilines is 2. The highest BCUT2D eigenvalue weighted by Crippen LogP contribution is 2.24. The van der Waals surface area contributed by atoms with E-state index in [2.05, 4.69) is 21.3 Å². The summed E-state index contributed by atoms with van der Waals surface area (Å²) >= 11 is 10.0. The SMILES string of the molecule is O=[N+]([O-])c1ccccc1NC(=S)NC1OCCO1.O=[N+]([O-])c1ccccc1NC(=S)NC1OCCO1. The second-order valence-corrected chi connectivity index (χ2v) is 7.71. The molecule has 2 saturated heterocycles. The summed E-state index contributed by atoms with van der Waals surface area (Å²) < 4.78 is 20.6. The van der Waals surface area contributed by atoms with Gasteiger partial charge in [0, 0.05) is 12.1 Å². The maximum Gasteiger partial charge on any atom is 0.292 e. The highest BCUT2D eigenvalue weighted by Gasteiger charge is 2.20. The van der Waals surface area contributed by atoms with Gasteiger partial charge in [0.05, 0.1) is 36.3 Å². The van der Waals surface area contributed by atoms with E-state index in [0.29, 0.717) is 37.8 Å². The molecule has 0 atom stereocenters. The first-order valence-corrected chi connectivity index (χ1v) is 11.2. The molecule has 2 aliphatic rings. The van der Waals surface area contributed by atoms with Crippen molar-refractivity contribution in [3.05, 3.63) is 68.8 Å². The second-order valence-electron chi connectivity index (χ2n) is 6.89. The molecule has 0 spiro atoms. The van der Waals surface area contributed by atoms with Gasteiger partial charge in [-0.15, -0.1) is 0 Å². The maximum absolute atomic E-state index is 10.8. The van der Waals surface area contributed by atoms with Crippen LogP contribution in [0.1, 0.15) is 0 Å². The van der Waals surface area contributed by atoms with Crippen LogP contribution < -0.4 is 21.3 Å². The average Bonchev–Trinajstić information content (AvgIpc) is 3.54. The van der Waals surface area contributed by atoms with Crippen LogP contribution in [0.25, 0.3) is 0 Å². The van der Waals surface area contributed by atoms with Crippen molar-refractivity contribution < 1.29 is 28.8 Å². The van der Waals surface area contributed by atoms with E-state index in [-0.39, 0.29) is 21.6 Å². The fourth-order valence-electron chi connectivity index (χ4n) is 2.89. The van der Waals surface area contributed by atoms with Crippen molar-refractivity contribution in [1.29, 1.82) is 0 Å². The minimum absolute atomic E-state index is 0.0464. The molecule has 192 valence electrons. The first-order valence-electron chi connectivity index (χ1n) is 10.4. The number of nitro groups is 2. The lowest BCUT2D eigenvalue weighted by molar-refractivity contribution is -0.384. The summed E-state index contributed by atoms with van der Waals surface area (Å²) in [5.74, 6) is 0. The third kappa shape index (κ3) is 8.29. The Morgan fingerprint density at radius 1 is 0.694 bits per heavy atom. The standard InChI is InChI=1S/2C10H11N3O4S/c2*14-13(15)8-4-2-1-3-7(8)11-9(18)12-10-16-5-6-17-10/h2*1-4,10H,5-6H2,(H2,11,12,18). The first-order chi connectivity index (χ1) is 17.3. The predicted octanol–water partition coefficient (Wildman–Crippen LogP) is 2.42. The van der Waals surface area contributed by atoms with Crippen molar-refractivity contribution in [3.8, 4) is 0 Å². The molecule has 2 heterocycles. The second kappa shape index (κ2) is 13.5. The summed E-state index contributed by atoms with van der Waals surface area (Å²) in [5, 5.41) is 33.0. The molecule has 2 aromatic carbocycles. The maximum atomic E-state index is 10.8. The Balaban J connectivity index is 0.000000201. The summed E-state index contributed by atoms with van der Waals surface area (Å²) in [5.41, 5.74) is 0.542. The summed E-state index contributed by atoms with van der Waals surface area (Å²) in [6.07, 6.45) is -1.21. The van der Waals surface area contributed by atoms with Crippen molar-refractivity contribution in [2.75, 3.05) is 37.1 Å². The lowest BCUT2D eigenvalue weighted by atomic mass is 10.3. The van der Waals surface area contributed by atoms with Gasteiger partial charge in [-0.3, -0.25) is 20.2 Å². The molecular weight excluding hydrogens is 516 g/mol. The number of nitrogens with one attached hydrogen (secondary N) is 4. The summed E-state index contributed by atoms with van der Waals surface area (Å²) in [7, 11) is 0. The van der Waals surface area contributed by atoms with Crippen molar-refractivity contribution in [1.82, 2.24) is 10.6 Å². The zero-order chi connectivity index (χ0) is 25.9. The number of rotatable bonds is 6. The van der Waals surface area contributed by atoms with Crippen LogP contribution in [-0.4, -0.2) is 59.3 Å². The smallest absolute Gasteiger partial charge is 0.292 e. The monoisotopic (exact) mass is 538 g/mol. The number of thiocarbonyl (C=S) groups is 2. The number of ether oxygens (including phenoxy) is 4. The van der Waals surface area contributed by atoms with Gasteiger partial charge in [-0.2, -0.15) is 0 Å². The number of nitro benzene ring substituents is 2. The van der Waals surface area contributed by atoms with Crippen LogP contribution in [0.4, 0.5) is 22.7 Å². The molecule has 16 heteroatoms. The fourth-order valence-corrected chi connectivity index (χ4v) is 3.30. The van der Waals surface area contributed by atoms with Gasteiger partial charge in [-0.25, -0.2) is 0 Å². The third-order valence-electron chi connectivity index (χ3n) is 4.44. The summed E-state index contributed by atoms with van der Waals surface area (Å²) in [4.78, 5) is 20.6. The summed E-state index contributed by atoms with van der Waals surface area (Å²) in [6, 6.07) is 12.5. The number of nitrogens with zero attached hydrogens (tertiary/aromatic N) is 2. The van der Waals surface area contributed by atoms with Gasteiger partial charge < -0.3 is 40.2 Å². The van der Waals surface area contributed by atoms with Crippen molar-refractivity contribution in [3.63, 3.8) is 0 Å². The fraction of sp³-hybridized carbons (Fsp3) is 0.300. The molecule has 36 heavy (non-hydrogen) atoms. The van der Waals surface area contributed by atoms with Crippen molar-refractivity contribution in [2.24, 2.45) is 0 Å². The van der Waals surface area contributed by atoms with E-state index < -0.39 is 22.7 Å². The third-order valence-corrected chi connectivity index (χ3v) is 4.88. The minimum atomic E-state index is -0.604. The normalized spacial score (nSPS) is 15.3. The Kier molecular flexibility index (Phi) is 10.2. The zero-order valence-corrected chi connectivity index (χ0v) is 20.2. The predicted molar refractivity (Wildman–Crippen MR) is 136 cm³/mol. The molecule has 4 N–H and O–H groups in total. The molecule has 0 bridgehead atoms. The van der Waals surface area contributed by atoms with E-state index in [1.165, 1.54) is 12.1 Å². The molecule has 2 aromatic rings. The zero-order valence-electron chi connectivity index (χ0n) is 18.6. The number of hydrogen-bond acceptors (Lipinski definition) is 10. The number of hydrogen-bond donors (Lipinski definition) is 4. The van der Waals surface area contributed by atoms with E-state index >= 15 is 0 Å². The van der Waals surface area contributed by atoms with Crippen LogP contribution in [0.3, 0.4) is 0 Å². The van der Waals surface area contributed by atoms with Gasteiger partial charge in [-0.05, 0) is 36.6 Å². The quantitative estimate of drug-likeness (QED) is 0.240. The highest BCUT2D eigenvalue weighted by atomic mass is 32.1. The molecule has 0 amide bonds. The Morgan fingerprint density at radius 3 is 1.36 bits per heavy atom. The average molecular weight is 539 g/mol. The van der Waals surface area contributed by atoms with E-state index in [4.69, 9.17) is 43.4 Å². The van der Waals surface area contributed by atoms with E-state index in [1.54, 1.807) is 36.4 Å². The van der Waals surface area contributed by atoms with Crippen LogP contribution >= 0.6 is 24.4 Å². The summed E-state index contributed by atoms with van der Waals surface area (Å²) in [6.45, 7) is 1.97. The van der Waals surface area contributed by atoms with Gasteiger partial charge in [0.25, 0.3) is 11.4 Å². The highest BCUT2D eigenvalue weighted by molar-refractivity contribution is 7.80. The van der Waals surface area contributed by atoms with Crippen LogP contribution in [0.15, 0.2) is 48.5 Å². The molecule has 14 nitrogen and oxygen atoms in total. The van der Waals surface area contributed by atoms with Crippen LogP contribution in [-0.2, 0) is 18.9 Å². The van der Waals surface area contributed by atoms with Gasteiger partial charge >= 0.3 is 0 Å². The van der Waals surface area contributed by atoms with Gasteiger partial charge in [0.15, 0.2) is 10.2 Å². The topological polar surface area (TPSA) is 171 Å². The lowest BCUT2D eigenvalue weighted by Crippen LogP contribution is -2.38. The Morgan fingerprint density at radius 2 is 1.03 bits per heavy atom. The molecule has 0 aromatic heterocycles. The van der Waals surface area contributed by atoms with Gasteiger partial charge in [0.2, 0.25) is 12.8 Å².